The third kappa shape index (κ3) is 2.51. The molecule has 15 heavy (non-hydrogen) atoms. The first-order chi connectivity index (χ1) is 6.97. The summed E-state index contributed by atoms with van der Waals surface area (Å²) >= 11 is 1.33. The van der Waals surface area contributed by atoms with Gasteiger partial charge in [0.25, 0.3) is 0 Å². The van der Waals surface area contributed by atoms with E-state index in [2.05, 4.69) is 4.98 Å². The fourth-order valence-electron chi connectivity index (χ4n) is 0.986. The molecule has 0 saturated carbocycles. The highest BCUT2D eigenvalue weighted by Crippen LogP contribution is 2.14. The molecule has 0 saturated heterocycles. The maximum atomic E-state index is 10.7. The normalized spacial score (nSPS) is 11.3. The number of rotatable bonds is 5. The van der Waals surface area contributed by atoms with E-state index < -0.39 is 17.5 Å². The monoisotopic (exact) mass is 230 g/mol. The zero-order valence-corrected chi connectivity index (χ0v) is 8.53. The molecule has 0 bridgehead atoms. The van der Waals surface area contributed by atoms with E-state index in [-0.39, 0.29) is 12.8 Å². The van der Waals surface area contributed by atoms with Gasteiger partial charge in [-0.2, -0.15) is 0 Å². The summed E-state index contributed by atoms with van der Waals surface area (Å²) in [4.78, 5) is 25.3. The molecule has 0 aromatic carbocycles. The van der Waals surface area contributed by atoms with E-state index in [0.717, 1.165) is 0 Å². The Hall–Kier alpha value is -1.47. The summed E-state index contributed by atoms with van der Waals surface area (Å²) in [7, 11) is 0. The van der Waals surface area contributed by atoms with Crippen LogP contribution in [0.15, 0.2) is 11.6 Å². The highest BCUT2D eigenvalue weighted by molar-refractivity contribution is 7.09. The molecular weight excluding hydrogens is 220 g/mol. The van der Waals surface area contributed by atoms with Crippen molar-refractivity contribution in [3.63, 3.8) is 0 Å². The lowest BCUT2D eigenvalue weighted by Crippen LogP contribution is -2.55. The second-order valence-corrected chi connectivity index (χ2v) is 3.99. The Balaban J connectivity index is 2.69. The molecular formula is C8H10N2O4S. The number of aryl methyl sites for hydroxylation is 1. The van der Waals surface area contributed by atoms with Gasteiger partial charge < -0.3 is 15.9 Å². The van der Waals surface area contributed by atoms with Crippen molar-refractivity contribution in [2.45, 2.75) is 18.4 Å². The minimum atomic E-state index is -2.23. The molecule has 82 valence electrons. The van der Waals surface area contributed by atoms with Crippen LogP contribution in [0.1, 0.15) is 11.4 Å². The molecule has 0 aliphatic rings. The Morgan fingerprint density at radius 2 is 2.07 bits per heavy atom. The molecule has 0 aliphatic heterocycles. The van der Waals surface area contributed by atoms with Crippen LogP contribution >= 0.6 is 11.3 Å². The second-order valence-electron chi connectivity index (χ2n) is 3.01. The van der Waals surface area contributed by atoms with Crippen LogP contribution in [-0.2, 0) is 16.0 Å². The lowest BCUT2D eigenvalue weighted by atomic mass is 9.95. The highest BCUT2D eigenvalue weighted by atomic mass is 32.1. The summed E-state index contributed by atoms with van der Waals surface area (Å²) in [6, 6.07) is 0. The van der Waals surface area contributed by atoms with E-state index in [1.165, 1.54) is 11.3 Å². The van der Waals surface area contributed by atoms with Crippen molar-refractivity contribution < 1.29 is 19.8 Å². The minimum absolute atomic E-state index is 0.175. The minimum Gasteiger partial charge on any atom is -0.479 e. The molecule has 0 spiro atoms. The zero-order chi connectivity index (χ0) is 11.5. The van der Waals surface area contributed by atoms with Crippen molar-refractivity contribution in [3.05, 3.63) is 16.6 Å². The topological polar surface area (TPSA) is 114 Å². The van der Waals surface area contributed by atoms with Crippen LogP contribution in [0.4, 0.5) is 0 Å². The molecule has 4 N–H and O–H groups in total. The molecule has 1 heterocycles. The number of aliphatic carboxylic acids is 2. The van der Waals surface area contributed by atoms with E-state index in [4.69, 9.17) is 15.9 Å². The SMILES string of the molecule is NC(CCc1nccs1)(C(=O)O)C(=O)O. The number of nitrogens with two attached hydrogens (primary N) is 1. The van der Waals surface area contributed by atoms with Gasteiger partial charge in [0, 0.05) is 18.0 Å². The molecule has 0 aliphatic carbocycles. The third-order valence-electron chi connectivity index (χ3n) is 1.98. The van der Waals surface area contributed by atoms with Gasteiger partial charge in [0.05, 0.1) is 5.01 Å². The average Bonchev–Trinajstić information content (AvgIpc) is 2.65. The number of carboxylic acid groups (broad SMARTS) is 2. The molecule has 0 amide bonds. The van der Waals surface area contributed by atoms with Crippen LogP contribution < -0.4 is 5.73 Å². The molecule has 0 fully saturated rings. The molecule has 0 atom stereocenters. The second kappa shape index (κ2) is 4.37. The largest absolute Gasteiger partial charge is 0.479 e. The van der Waals surface area contributed by atoms with Gasteiger partial charge in [0.2, 0.25) is 5.54 Å². The Bertz CT molecular complexity index is 349. The van der Waals surface area contributed by atoms with Crippen LogP contribution in [0.5, 0.6) is 0 Å². The molecule has 1 rings (SSSR count). The van der Waals surface area contributed by atoms with Crippen molar-refractivity contribution in [1.82, 2.24) is 4.98 Å². The van der Waals surface area contributed by atoms with Gasteiger partial charge in [0.15, 0.2) is 0 Å². The van der Waals surface area contributed by atoms with Gasteiger partial charge in [0.1, 0.15) is 0 Å². The summed E-state index contributed by atoms with van der Waals surface area (Å²) < 4.78 is 0. The lowest BCUT2D eigenvalue weighted by molar-refractivity contribution is -0.157. The maximum Gasteiger partial charge on any atom is 0.335 e. The number of hydrogen-bond donors (Lipinski definition) is 3. The molecule has 6 nitrogen and oxygen atoms in total. The van der Waals surface area contributed by atoms with Crippen LogP contribution in [0.3, 0.4) is 0 Å². The fraction of sp³-hybridized carbons (Fsp3) is 0.375. The number of hydrogen-bond acceptors (Lipinski definition) is 5. The quantitative estimate of drug-likeness (QED) is 0.611. The summed E-state index contributed by atoms with van der Waals surface area (Å²) in [5.74, 6) is -3.07. The summed E-state index contributed by atoms with van der Waals surface area (Å²) in [5, 5.41) is 19.8. The van der Waals surface area contributed by atoms with E-state index in [9.17, 15) is 9.59 Å². The van der Waals surface area contributed by atoms with Crippen molar-refractivity contribution >= 4 is 23.3 Å². The van der Waals surface area contributed by atoms with E-state index in [1.54, 1.807) is 11.6 Å². The summed E-state index contributed by atoms with van der Waals surface area (Å²) in [6.07, 6.45) is 1.64. The summed E-state index contributed by atoms with van der Waals surface area (Å²) in [6.45, 7) is 0. The highest BCUT2D eigenvalue weighted by Gasteiger charge is 2.42. The van der Waals surface area contributed by atoms with Gasteiger partial charge in [-0.05, 0) is 6.42 Å². The Kier molecular flexibility index (Phi) is 3.38. The number of aromatic nitrogens is 1. The Morgan fingerprint density at radius 3 is 2.47 bits per heavy atom. The van der Waals surface area contributed by atoms with Gasteiger partial charge in [-0.15, -0.1) is 11.3 Å². The van der Waals surface area contributed by atoms with Crippen molar-refractivity contribution in [1.29, 1.82) is 0 Å². The van der Waals surface area contributed by atoms with E-state index in [1.807, 2.05) is 0 Å². The molecule has 0 unspecified atom stereocenters. The van der Waals surface area contributed by atoms with Crippen molar-refractivity contribution in [2.24, 2.45) is 5.73 Å². The molecule has 1 aromatic heterocycles. The first-order valence-corrected chi connectivity index (χ1v) is 4.99. The number of carboxylic acids is 2. The van der Waals surface area contributed by atoms with Crippen LogP contribution in [0.2, 0.25) is 0 Å². The molecule has 0 radical (unpaired) electrons. The Morgan fingerprint density at radius 1 is 1.47 bits per heavy atom. The Labute approximate surface area is 89.4 Å². The average molecular weight is 230 g/mol. The summed E-state index contributed by atoms with van der Waals surface area (Å²) in [5.41, 5.74) is 3.05. The smallest absolute Gasteiger partial charge is 0.335 e. The first-order valence-electron chi connectivity index (χ1n) is 4.11. The van der Waals surface area contributed by atoms with Gasteiger partial charge in [-0.25, -0.2) is 14.6 Å². The molecule has 7 heteroatoms. The van der Waals surface area contributed by atoms with E-state index in [0.29, 0.717) is 5.01 Å². The van der Waals surface area contributed by atoms with Gasteiger partial charge >= 0.3 is 11.9 Å². The van der Waals surface area contributed by atoms with Crippen molar-refractivity contribution in [2.75, 3.05) is 0 Å². The van der Waals surface area contributed by atoms with Crippen LogP contribution in [-0.4, -0.2) is 32.7 Å². The van der Waals surface area contributed by atoms with Crippen LogP contribution in [0.25, 0.3) is 0 Å². The van der Waals surface area contributed by atoms with E-state index >= 15 is 0 Å². The van der Waals surface area contributed by atoms with Gasteiger partial charge in [-0.3, -0.25) is 0 Å². The fourth-order valence-corrected chi connectivity index (χ4v) is 1.61. The standard InChI is InChI=1S/C8H10N2O4S/c9-8(6(11)12,7(13)14)2-1-5-10-3-4-15-5/h3-4H,1-2,9H2,(H,11,12)(H,13,14). The van der Waals surface area contributed by atoms with Crippen LogP contribution in [0, 0.1) is 0 Å². The first kappa shape index (κ1) is 11.6. The number of nitrogens with zero attached hydrogens (tertiary/aromatic N) is 1. The third-order valence-corrected chi connectivity index (χ3v) is 2.82. The van der Waals surface area contributed by atoms with Gasteiger partial charge in [-0.1, -0.05) is 0 Å². The zero-order valence-electron chi connectivity index (χ0n) is 7.71. The lowest BCUT2D eigenvalue weighted by Gasteiger charge is -2.18. The van der Waals surface area contributed by atoms with Crippen molar-refractivity contribution in [3.8, 4) is 0 Å². The molecule has 1 aromatic rings. The maximum absolute atomic E-state index is 10.7. The predicted octanol–water partition coefficient (Wildman–Crippen LogP) is -0.0576. The number of carbonyl (C=O) groups is 2. The predicted molar refractivity (Wildman–Crippen MR) is 52.6 cm³/mol. The number of thiazole rings is 1.